The van der Waals surface area contributed by atoms with E-state index >= 15 is 0 Å². The molecule has 22 heavy (non-hydrogen) atoms. The average Bonchev–Trinajstić information content (AvgIpc) is 2.87. The summed E-state index contributed by atoms with van der Waals surface area (Å²) in [5.41, 5.74) is 2.18. The fourth-order valence-corrected chi connectivity index (χ4v) is 2.82. The van der Waals surface area contributed by atoms with Gasteiger partial charge in [0, 0.05) is 14.5 Å². The molecule has 0 aliphatic carbocycles. The van der Waals surface area contributed by atoms with Gasteiger partial charge in [-0.25, -0.2) is 4.98 Å². The summed E-state index contributed by atoms with van der Waals surface area (Å²) in [4.78, 5) is 17.7. The average molecular weight is 404 g/mol. The van der Waals surface area contributed by atoms with Crippen molar-refractivity contribution < 1.29 is 4.79 Å². The highest BCUT2D eigenvalue weighted by atomic mass is 127. The van der Waals surface area contributed by atoms with Crippen molar-refractivity contribution in [3.05, 3.63) is 63.5 Å². The van der Waals surface area contributed by atoms with Crippen LogP contribution in [0.15, 0.2) is 48.5 Å². The molecule has 3 rings (SSSR count). The quantitative estimate of drug-likeness (QED) is 0.555. The smallest absolute Gasteiger partial charge is 0.263 e. The summed E-state index contributed by atoms with van der Waals surface area (Å²) < 4.78 is 2.86. The highest BCUT2D eigenvalue weighted by Crippen LogP contribution is 2.27. The SMILES string of the molecule is CC(C)(C)c1nc2ccccc2n1C(=O)c1ccc(I)cc1. The molecule has 1 heterocycles. The van der Waals surface area contributed by atoms with Crippen LogP contribution in [0.3, 0.4) is 0 Å². The first kappa shape index (κ1) is 15.2. The normalized spacial score (nSPS) is 11.8. The van der Waals surface area contributed by atoms with Crippen LogP contribution in [0.25, 0.3) is 11.0 Å². The standard InChI is InChI=1S/C18H17IN2O/c1-18(2,3)17-20-14-6-4-5-7-15(14)21(17)16(22)12-8-10-13(19)11-9-12/h4-11H,1-3H3. The largest absolute Gasteiger partial charge is 0.268 e. The highest BCUT2D eigenvalue weighted by Gasteiger charge is 2.26. The van der Waals surface area contributed by atoms with Gasteiger partial charge >= 0.3 is 0 Å². The van der Waals surface area contributed by atoms with Crippen molar-refractivity contribution in [3.63, 3.8) is 0 Å². The van der Waals surface area contributed by atoms with Gasteiger partial charge in [-0.15, -0.1) is 0 Å². The van der Waals surface area contributed by atoms with Crippen LogP contribution in [-0.4, -0.2) is 15.5 Å². The Kier molecular flexibility index (Phi) is 3.80. The zero-order valence-electron chi connectivity index (χ0n) is 12.8. The monoisotopic (exact) mass is 404 g/mol. The molecule has 0 amide bonds. The topological polar surface area (TPSA) is 34.9 Å². The maximum Gasteiger partial charge on any atom is 0.263 e. The van der Waals surface area contributed by atoms with Crippen LogP contribution in [0.2, 0.25) is 0 Å². The summed E-state index contributed by atoms with van der Waals surface area (Å²) in [6.45, 7) is 6.23. The first-order chi connectivity index (χ1) is 10.4. The predicted molar refractivity (Wildman–Crippen MR) is 97.3 cm³/mol. The third kappa shape index (κ3) is 2.67. The van der Waals surface area contributed by atoms with Crippen LogP contribution in [0, 0.1) is 3.57 Å². The molecule has 0 aliphatic heterocycles. The van der Waals surface area contributed by atoms with Gasteiger partial charge < -0.3 is 0 Å². The van der Waals surface area contributed by atoms with Crippen LogP contribution in [0.1, 0.15) is 37.0 Å². The molecule has 0 saturated heterocycles. The second-order valence-electron chi connectivity index (χ2n) is 6.32. The van der Waals surface area contributed by atoms with E-state index in [1.54, 1.807) is 4.57 Å². The summed E-state index contributed by atoms with van der Waals surface area (Å²) in [6, 6.07) is 15.4. The van der Waals surface area contributed by atoms with E-state index in [0.717, 1.165) is 20.4 Å². The molecule has 0 saturated carbocycles. The molecule has 2 aromatic carbocycles. The number of carbonyl (C=O) groups is 1. The van der Waals surface area contributed by atoms with E-state index in [1.807, 2.05) is 48.5 Å². The van der Waals surface area contributed by atoms with E-state index in [0.29, 0.717) is 5.56 Å². The maximum atomic E-state index is 13.0. The zero-order valence-corrected chi connectivity index (χ0v) is 15.0. The lowest BCUT2D eigenvalue weighted by molar-refractivity contribution is 0.0957. The fraction of sp³-hybridized carbons (Fsp3) is 0.222. The van der Waals surface area contributed by atoms with Crippen molar-refractivity contribution in [2.24, 2.45) is 0 Å². The second kappa shape index (κ2) is 5.50. The number of para-hydroxylation sites is 2. The molecule has 3 aromatic rings. The minimum atomic E-state index is -0.210. The molecule has 4 heteroatoms. The lowest BCUT2D eigenvalue weighted by atomic mass is 9.95. The summed E-state index contributed by atoms with van der Waals surface area (Å²) >= 11 is 2.24. The van der Waals surface area contributed by atoms with Gasteiger partial charge in [-0.3, -0.25) is 9.36 Å². The Morgan fingerprint density at radius 1 is 1.05 bits per heavy atom. The van der Waals surface area contributed by atoms with Crippen LogP contribution in [-0.2, 0) is 5.41 Å². The Morgan fingerprint density at radius 3 is 2.32 bits per heavy atom. The van der Waals surface area contributed by atoms with Crippen LogP contribution >= 0.6 is 22.6 Å². The number of fused-ring (bicyclic) bond motifs is 1. The second-order valence-corrected chi connectivity index (χ2v) is 7.57. The molecule has 0 N–H and O–H groups in total. The highest BCUT2D eigenvalue weighted by molar-refractivity contribution is 14.1. The Labute approximate surface area is 143 Å². The number of aromatic nitrogens is 2. The van der Waals surface area contributed by atoms with Crippen LogP contribution in [0.5, 0.6) is 0 Å². The molecule has 0 unspecified atom stereocenters. The molecule has 3 nitrogen and oxygen atoms in total. The Bertz CT molecular complexity index is 842. The summed E-state index contributed by atoms with van der Waals surface area (Å²) in [5, 5.41) is 0. The molecule has 112 valence electrons. The first-order valence-corrected chi connectivity index (χ1v) is 8.24. The van der Waals surface area contributed by atoms with Crippen molar-refractivity contribution >= 4 is 39.5 Å². The third-order valence-corrected chi connectivity index (χ3v) is 4.25. The molecule has 0 aliphatic rings. The van der Waals surface area contributed by atoms with Gasteiger partial charge in [0.2, 0.25) is 0 Å². The molecular weight excluding hydrogens is 387 g/mol. The van der Waals surface area contributed by atoms with Crippen LogP contribution < -0.4 is 0 Å². The minimum Gasteiger partial charge on any atom is -0.268 e. The third-order valence-electron chi connectivity index (χ3n) is 3.53. The van der Waals surface area contributed by atoms with E-state index in [4.69, 9.17) is 0 Å². The molecule has 1 aromatic heterocycles. The maximum absolute atomic E-state index is 13.0. The van der Waals surface area contributed by atoms with Gasteiger partial charge in [0.15, 0.2) is 0 Å². The Hall–Kier alpha value is -1.69. The number of carbonyl (C=O) groups excluding carboxylic acids is 1. The van der Waals surface area contributed by atoms with Gasteiger partial charge in [0.25, 0.3) is 5.91 Å². The van der Waals surface area contributed by atoms with Gasteiger partial charge in [0.1, 0.15) is 5.82 Å². The molecular formula is C18H17IN2O. The van der Waals surface area contributed by atoms with Crippen LogP contribution in [0.4, 0.5) is 0 Å². The number of rotatable bonds is 1. The number of hydrogen-bond donors (Lipinski definition) is 0. The van der Waals surface area contributed by atoms with E-state index in [2.05, 4.69) is 48.3 Å². The van der Waals surface area contributed by atoms with Gasteiger partial charge in [-0.2, -0.15) is 0 Å². The minimum absolute atomic E-state index is 0.0324. The number of hydrogen-bond acceptors (Lipinski definition) is 2. The van der Waals surface area contributed by atoms with Crippen molar-refractivity contribution in [2.45, 2.75) is 26.2 Å². The summed E-state index contributed by atoms with van der Waals surface area (Å²) in [5.74, 6) is 0.757. The zero-order chi connectivity index (χ0) is 15.9. The van der Waals surface area contributed by atoms with Crippen molar-refractivity contribution in [3.8, 4) is 0 Å². The van der Waals surface area contributed by atoms with E-state index in [-0.39, 0.29) is 11.3 Å². The molecule has 0 fully saturated rings. The van der Waals surface area contributed by atoms with E-state index in [1.165, 1.54) is 0 Å². The van der Waals surface area contributed by atoms with Crippen molar-refractivity contribution in [2.75, 3.05) is 0 Å². The van der Waals surface area contributed by atoms with Gasteiger partial charge in [-0.05, 0) is 59.0 Å². The van der Waals surface area contributed by atoms with Gasteiger partial charge in [-0.1, -0.05) is 32.9 Å². The lowest BCUT2D eigenvalue weighted by Gasteiger charge is -2.19. The number of imidazole rings is 1. The Balaban J connectivity index is 2.24. The molecule has 0 bridgehead atoms. The summed E-state index contributed by atoms with van der Waals surface area (Å²) in [6.07, 6.45) is 0. The predicted octanol–water partition coefficient (Wildman–Crippen LogP) is 4.63. The molecule has 0 atom stereocenters. The van der Waals surface area contributed by atoms with Crippen molar-refractivity contribution in [1.29, 1.82) is 0 Å². The molecule has 0 radical (unpaired) electrons. The lowest BCUT2D eigenvalue weighted by Crippen LogP contribution is -2.24. The van der Waals surface area contributed by atoms with E-state index in [9.17, 15) is 4.79 Å². The van der Waals surface area contributed by atoms with Gasteiger partial charge in [0.05, 0.1) is 11.0 Å². The van der Waals surface area contributed by atoms with E-state index < -0.39 is 0 Å². The number of benzene rings is 2. The molecule has 0 spiro atoms. The Morgan fingerprint density at radius 2 is 1.68 bits per heavy atom. The number of nitrogens with zero attached hydrogens (tertiary/aromatic N) is 2. The fourth-order valence-electron chi connectivity index (χ4n) is 2.46. The first-order valence-electron chi connectivity index (χ1n) is 7.16. The van der Waals surface area contributed by atoms with Crippen molar-refractivity contribution in [1.82, 2.24) is 9.55 Å². The summed E-state index contributed by atoms with van der Waals surface area (Å²) in [7, 11) is 0. The number of halogens is 1.